The lowest BCUT2D eigenvalue weighted by atomic mass is 10.3. The third-order valence-corrected chi connectivity index (χ3v) is 3.94. The van der Waals surface area contributed by atoms with E-state index in [-0.39, 0.29) is 5.91 Å². The highest BCUT2D eigenvalue weighted by Crippen LogP contribution is 2.24. The monoisotopic (exact) mass is 291 g/mol. The van der Waals surface area contributed by atoms with Crippen LogP contribution in [0.4, 0.5) is 0 Å². The van der Waals surface area contributed by atoms with E-state index < -0.39 is 0 Å². The molecule has 2 aromatic heterocycles. The zero-order valence-corrected chi connectivity index (χ0v) is 11.8. The Bertz CT molecular complexity index is 555. The summed E-state index contributed by atoms with van der Waals surface area (Å²) in [4.78, 5) is 21.1. The maximum atomic E-state index is 11.5. The second-order valence-corrected chi connectivity index (χ2v) is 5.47. The first-order valence-electron chi connectivity index (χ1n) is 5.67. The molecular weight excluding hydrogens is 278 g/mol. The van der Waals surface area contributed by atoms with Gasteiger partial charge < -0.3 is 5.32 Å². The summed E-state index contributed by atoms with van der Waals surface area (Å²) >= 11 is 2.96. The molecule has 0 fully saturated rings. The van der Waals surface area contributed by atoms with Gasteiger partial charge in [0.15, 0.2) is 5.16 Å². The highest BCUT2D eigenvalue weighted by atomic mass is 32.2. The van der Waals surface area contributed by atoms with Crippen LogP contribution in [0.3, 0.4) is 0 Å². The Kier molecular flexibility index (Phi) is 5.11. The minimum atomic E-state index is -0.0463. The average Bonchev–Trinajstić information content (AvgIpc) is 2.97. The van der Waals surface area contributed by atoms with Crippen molar-refractivity contribution in [2.75, 3.05) is 12.3 Å². The quantitative estimate of drug-likeness (QED) is 0.505. The minimum Gasteiger partial charge on any atom is -0.352 e. The third kappa shape index (κ3) is 4.18. The molecule has 2 rings (SSSR count). The second-order valence-electron chi connectivity index (χ2n) is 3.58. The predicted molar refractivity (Wildman–Crippen MR) is 79.3 cm³/mol. The maximum Gasteiger partial charge on any atom is 0.230 e. The lowest BCUT2D eigenvalue weighted by molar-refractivity contribution is -0.118. The van der Waals surface area contributed by atoms with Crippen LogP contribution in [0.25, 0.3) is 10.6 Å². The molecule has 6 heteroatoms. The number of nitrogens with zero attached hydrogens (tertiary/aromatic N) is 2. The first kappa shape index (κ1) is 13.8. The van der Waals surface area contributed by atoms with Gasteiger partial charge in [-0.15, -0.1) is 17.9 Å². The first-order chi connectivity index (χ1) is 9.29. The Labute approximate surface area is 120 Å². The number of rotatable bonds is 6. The van der Waals surface area contributed by atoms with Gasteiger partial charge in [0.1, 0.15) is 0 Å². The van der Waals surface area contributed by atoms with Gasteiger partial charge >= 0.3 is 0 Å². The molecule has 0 spiro atoms. The summed E-state index contributed by atoms with van der Waals surface area (Å²) in [7, 11) is 0. The van der Waals surface area contributed by atoms with Gasteiger partial charge in [-0.05, 0) is 17.5 Å². The Balaban J connectivity index is 1.96. The van der Waals surface area contributed by atoms with Gasteiger partial charge in [-0.3, -0.25) is 4.79 Å². The molecule has 2 aromatic rings. The van der Waals surface area contributed by atoms with Crippen LogP contribution in [-0.2, 0) is 4.79 Å². The topological polar surface area (TPSA) is 54.9 Å². The molecule has 0 unspecified atom stereocenters. The summed E-state index contributed by atoms with van der Waals surface area (Å²) in [5.74, 6) is 0.261. The predicted octanol–water partition coefficient (Wildman–Crippen LogP) is 2.60. The SMILES string of the molecule is C=CCNC(=O)CSc1nccc(-c2cccs2)n1. The van der Waals surface area contributed by atoms with E-state index in [1.807, 2.05) is 23.6 Å². The molecule has 0 aromatic carbocycles. The smallest absolute Gasteiger partial charge is 0.230 e. The van der Waals surface area contributed by atoms with Crippen LogP contribution in [0.1, 0.15) is 0 Å². The van der Waals surface area contributed by atoms with Crippen molar-refractivity contribution in [2.45, 2.75) is 5.16 Å². The number of thioether (sulfide) groups is 1. The number of aromatic nitrogens is 2. The molecule has 0 bridgehead atoms. The normalized spacial score (nSPS) is 10.1. The number of thiophene rings is 1. The van der Waals surface area contributed by atoms with Crippen molar-refractivity contribution in [3.63, 3.8) is 0 Å². The highest BCUT2D eigenvalue weighted by Gasteiger charge is 2.06. The largest absolute Gasteiger partial charge is 0.352 e. The van der Waals surface area contributed by atoms with Crippen LogP contribution in [0.5, 0.6) is 0 Å². The van der Waals surface area contributed by atoms with E-state index in [1.54, 1.807) is 23.6 Å². The zero-order chi connectivity index (χ0) is 13.5. The molecule has 0 aliphatic carbocycles. The van der Waals surface area contributed by atoms with Gasteiger partial charge in [0.25, 0.3) is 0 Å². The molecule has 19 heavy (non-hydrogen) atoms. The summed E-state index contributed by atoms with van der Waals surface area (Å²) < 4.78 is 0. The number of carbonyl (C=O) groups is 1. The standard InChI is InChI=1S/C13H13N3OS2/c1-2-6-14-12(17)9-19-13-15-7-5-10(16-13)11-4-3-8-18-11/h2-5,7-8H,1,6,9H2,(H,14,17). The molecule has 1 N–H and O–H groups in total. The van der Waals surface area contributed by atoms with E-state index in [4.69, 9.17) is 0 Å². The minimum absolute atomic E-state index is 0.0463. The molecule has 0 atom stereocenters. The Morgan fingerprint density at radius 1 is 1.53 bits per heavy atom. The van der Waals surface area contributed by atoms with Crippen molar-refractivity contribution in [1.82, 2.24) is 15.3 Å². The number of nitrogens with one attached hydrogen (secondary N) is 1. The van der Waals surface area contributed by atoms with E-state index in [9.17, 15) is 4.79 Å². The summed E-state index contributed by atoms with van der Waals surface area (Å²) in [5.41, 5.74) is 0.888. The molecular formula is C13H13N3OS2. The van der Waals surface area contributed by atoms with Gasteiger partial charge in [-0.1, -0.05) is 23.9 Å². The zero-order valence-electron chi connectivity index (χ0n) is 10.2. The molecule has 2 heterocycles. The lowest BCUT2D eigenvalue weighted by Gasteiger charge is -2.02. The molecule has 1 amide bonds. The van der Waals surface area contributed by atoms with Crippen LogP contribution >= 0.6 is 23.1 Å². The molecule has 0 aliphatic rings. The lowest BCUT2D eigenvalue weighted by Crippen LogP contribution is -2.25. The molecule has 0 aliphatic heterocycles. The van der Waals surface area contributed by atoms with Gasteiger partial charge in [0.2, 0.25) is 5.91 Å². The number of hydrogen-bond donors (Lipinski definition) is 1. The third-order valence-electron chi connectivity index (χ3n) is 2.18. The van der Waals surface area contributed by atoms with Gasteiger partial charge in [0, 0.05) is 12.7 Å². The number of amides is 1. The van der Waals surface area contributed by atoms with Crippen LogP contribution in [-0.4, -0.2) is 28.2 Å². The van der Waals surface area contributed by atoms with Crippen molar-refractivity contribution in [2.24, 2.45) is 0 Å². The Hall–Kier alpha value is -1.66. The average molecular weight is 291 g/mol. The maximum absolute atomic E-state index is 11.5. The second kappa shape index (κ2) is 7.06. The molecule has 98 valence electrons. The number of carbonyl (C=O) groups excluding carboxylic acids is 1. The molecule has 0 saturated carbocycles. The van der Waals surface area contributed by atoms with Crippen molar-refractivity contribution in [1.29, 1.82) is 0 Å². The summed E-state index contributed by atoms with van der Waals surface area (Å²) in [6.07, 6.45) is 3.36. The van der Waals surface area contributed by atoms with Crippen molar-refractivity contribution >= 4 is 29.0 Å². The molecule has 0 radical (unpaired) electrons. The van der Waals surface area contributed by atoms with Crippen molar-refractivity contribution < 1.29 is 4.79 Å². The van der Waals surface area contributed by atoms with Gasteiger partial charge in [-0.25, -0.2) is 9.97 Å². The van der Waals surface area contributed by atoms with Crippen molar-refractivity contribution in [3.8, 4) is 10.6 Å². The fraction of sp³-hybridized carbons (Fsp3) is 0.154. The number of hydrogen-bond acceptors (Lipinski definition) is 5. The summed E-state index contributed by atoms with van der Waals surface area (Å²) in [5, 5.41) is 5.33. The summed E-state index contributed by atoms with van der Waals surface area (Å²) in [6.45, 7) is 4.03. The van der Waals surface area contributed by atoms with Crippen LogP contribution < -0.4 is 5.32 Å². The highest BCUT2D eigenvalue weighted by molar-refractivity contribution is 7.99. The van der Waals surface area contributed by atoms with E-state index >= 15 is 0 Å². The van der Waals surface area contributed by atoms with Crippen LogP contribution in [0, 0.1) is 0 Å². The summed E-state index contributed by atoms with van der Waals surface area (Å²) in [6, 6.07) is 5.86. The van der Waals surface area contributed by atoms with E-state index in [2.05, 4.69) is 21.9 Å². The van der Waals surface area contributed by atoms with Crippen LogP contribution in [0.15, 0.2) is 47.6 Å². The Morgan fingerprint density at radius 2 is 2.42 bits per heavy atom. The molecule has 4 nitrogen and oxygen atoms in total. The van der Waals surface area contributed by atoms with E-state index in [0.29, 0.717) is 17.5 Å². The Morgan fingerprint density at radius 3 is 3.16 bits per heavy atom. The van der Waals surface area contributed by atoms with E-state index in [0.717, 1.165) is 10.6 Å². The fourth-order valence-electron chi connectivity index (χ4n) is 1.34. The first-order valence-corrected chi connectivity index (χ1v) is 7.53. The van der Waals surface area contributed by atoms with Gasteiger partial charge in [-0.2, -0.15) is 0 Å². The van der Waals surface area contributed by atoms with E-state index in [1.165, 1.54) is 11.8 Å². The van der Waals surface area contributed by atoms with Crippen LogP contribution in [0.2, 0.25) is 0 Å². The fourth-order valence-corrected chi connectivity index (χ4v) is 2.69. The molecule has 0 saturated heterocycles. The van der Waals surface area contributed by atoms with Gasteiger partial charge in [0.05, 0.1) is 16.3 Å². The van der Waals surface area contributed by atoms with Crippen molar-refractivity contribution in [3.05, 3.63) is 42.4 Å².